The van der Waals surface area contributed by atoms with Crippen LogP contribution in [0.25, 0.3) is 0 Å². The van der Waals surface area contributed by atoms with Crippen molar-refractivity contribution in [1.82, 2.24) is 5.32 Å². The van der Waals surface area contributed by atoms with Crippen LogP contribution in [0.1, 0.15) is 53.4 Å². The molecule has 1 rings (SSSR count). The fourth-order valence-electron chi connectivity index (χ4n) is 2.40. The SMILES string of the molecule is C=C(C)C(=O)[C@H](CC1CCCC1=O)NC(=O)OC(C)(C)C. The van der Waals surface area contributed by atoms with Crippen LogP contribution in [0.4, 0.5) is 4.79 Å². The Morgan fingerprint density at radius 1 is 1.43 bits per heavy atom. The molecule has 5 nitrogen and oxygen atoms in total. The lowest BCUT2D eigenvalue weighted by molar-refractivity contribution is -0.122. The van der Waals surface area contributed by atoms with Gasteiger partial charge in [-0.1, -0.05) is 6.58 Å². The molecule has 1 N–H and O–H groups in total. The average molecular weight is 295 g/mol. The van der Waals surface area contributed by atoms with Crippen LogP contribution >= 0.6 is 0 Å². The fourth-order valence-corrected chi connectivity index (χ4v) is 2.40. The largest absolute Gasteiger partial charge is 0.444 e. The summed E-state index contributed by atoms with van der Waals surface area (Å²) in [7, 11) is 0. The molecule has 0 aliphatic heterocycles. The Hall–Kier alpha value is -1.65. The Kier molecular flexibility index (Phi) is 5.70. The molecule has 118 valence electrons. The summed E-state index contributed by atoms with van der Waals surface area (Å²) in [6, 6.07) is -0.746. The molecule has 0 aromatic rings. The van der Waals surface area contributed by atoms with Crippen LogP contribution in [0.5, 0.6) is 0 Å². The fraction of sp³-hybridized carbons (Fsp3) is 0.688. The van der Waals surface area contributed by atoms with Gasteiger partial charge in [-0.25, -0.2) is 4.79 Å². The number of Topliss-reactive ketones (excluding diaryl/α,β-unsaturated/α-hetero) is 2. The van der Waals surface area contributed by atoms with E-state index in [4.69, 9.17) is 4.74 Å². The third-order valence-corrected chi connectivity index (χ3v) is 3.38. The molecule has 1 amide bonds. The first-order chi connectivity index (χ1) is 9.60. The van der Waals surface area contributed by atoms with E-state index in [0.717, 1.165) is 12.8 Å². The summed E-state index contributed by atoms with van der Waals surface area (Å²) in [5.74, 6) is -0.241. The number of nitrogens with one attached hydrogen (secondary N) is 1. The predicted molar refractivity (Wildman–Crippen MR) is 79.9 cm³/mol. The van der Waals surface area contributed by atoms with Gasteiger partial charge in [-0.15, -0.1) is 0 Å². The van der Waals surface area contributed by atoms with Crippen molar-refractivity contribution in [1.29, 1.82) is 0 Å². The highest BCUT2D eigenvalue weighted by Crippen LogP contribution is 2.26. The number of amides is 1. The Morgan fingerprint density at radius 3 is 2.48 bits per heavy atom. The van der Waals surface area contributed by atoms with Crippen LogP contribution in [0.3, 0.4) is 0 Å². The monoisotopic (exact) mass is 295 g/mol. The second kappa shape index (κ2) is 6.87. The summed E-state index contributed by atoms with van der Waals surface area (Å²) in [5.41, 5.74) is -0.272. The van der Waals surface area contributed by atoms with Gasteiger partial charge in [0, 0.05) is 12.3 Å². The summed E-state index contributed by atoms with van der Waals surface area (Å²) in [6.07, 6.45) is 1.86. The minimum atomic E-state index is -0.746. The van der Waals surface area contributed by atoms with Gasteiger partial charge >= 0.3 is 6.09 Å². The van der Waals surface area contributed by atoms with Crippen LogP contribution in [0.15, 0.2) is 12.2 Å². The van der Waals surface area contributed by atoms with Crippen molar-refractivity contribution in [2.24, 2.45) is 5.92 Å². The third-order valence-electron chi connectivity index (χ3n) is 3.38. The molecule has 1 aliphatic rings. The van der Waals surface area contributed by atoms with Crippen molar-refractivity contribution < 1.29 is 19.1 Å². The highest BCUT2D eigenvalue weighted by Gasteiger charge is 2.32. The summed E-state index contributed by atoms with van der Waals surface area (Å²) < 4.78 is 5.17. The van der Waals surface area contributed by atoms with E-state index in [1.54, 1.807) is 27.7 Å². The van der Waals surface area contributed by atoms with E-state index in [-0.39, 0.29) is 17.5 Å². The first-order valence-corrected chi connectivity index (χ1v) is 7.32. The molecule has 0 radical (unpaired) electrons. The predicted octanol–water partition coefficient (Wildman–Crippen LogP) is 2.78. The van der Waals surface area contributed by atoms with Gasteiger partial charge in [-0.2, -0.15) is 0 Å². The molecule has 5 heteroatoms. The van der Waals surface area contributed by atoms with E-state index in [0.29, 0.717) is 18.4 Å². The molecule has 0 bridgehead atoms. The van der Waals surface area contributed by atoms with Gasteiger partial charge in [0.15, 0.2) is 5.78 Å². The molecule has 1 saturated carbocycles. The van der Waals surface area contributed by atoms with Crippen LogP contribution in [-0.4, -0.2) is 29.3 Å². The third kappa shape index (κ3) is 5.69. The van der Waals surface area contributed by atoms with Gasteiger partial charge in [-0.3, -0.25) is 9.59 Å². The lowest BCUT2D eigenvalue weighted by atomic mass is 9.93. The standard InChI is InChI=1S/C16H25NO4/c1-10(2)14(19)12(9-11-7-6-8-13(11)18)17-15(20)21-16(3,4)5/h11-12H,1,6-9H2,2-5H3,(H,17,20)/t11?,12-/m0/s1. The van der Waals surface area contributed by atoms with Gasteiger partial charge in [0.25, 0.3) is 0 Å². The average Bonchev–Trinajstić information content (AvgIpc) is 2.70. The molecule has 1 aliphatic carbocycles. The Balaban J connectivity index is 2.73. The van der Waals surface area contributed by atoms with Crippen molar-refractivity contribution in [3.05, 3.63) is 12.2 Å². The maximum atomic E-state index is 12.2. The van der Waals surface area contributed by atoms with Crippen molar-refractivity contribution in [3.8, 4) is 0 Å². The Labute approximate surface area is 126 Å². The molecule has 21 heavy (non-hydrogen) atoms. The zero-order chi connectivity index (χ0) is 16.2. The van der Waals surface area contributed by atoms with Gasteiger partial charge in [-0.05, 0) is 52.5 Å². The van der Waals surface area contributed by atoms with Crippen molar-refractivity contribution in [2.45, 2.75) is 65.0 Å². The second-order valence-electron chi connectivity index (χ2n) is 6.63. The first kappa shape index (κ1) is 17.4. The molecule has 1 unspecified atom stereocenters. The molecule has 1 fully saturated rings. The summed E-state index contributed by atoms with van der Waals surface area (Å²) in [5, 5.41) is 2.58. The van der Waals surface area contributed by atoms with E-state index in [2.05, 4.69) is 11.9 Å². The molecule has 2 atom stereocenters. The molecule has 0 heterocycles. The van der Waals surface area contributed by atoms with E-state index < -0.39 is 17.7 Å². The zero-order valence-corrected chi connectivity index (χ0v) is 13.3. The maximum absolute atomic E-state index is 12.2. The summed E-state index contributed by atoms with van der Waals surface area (Å²) in [4.78, 5) is 35.7. The molecular weight excluding hydrogens is 270 g/mol. The maximum Gasteiger partial charge on any atom is 0.408 e. The Bertz CT molecular complexity index is 448. The quantitative estimate of drug-likeness (QED) is 0.792. The van der Waals surface area contributed by atoms with Crippen molar-refractivity contribution >= 4 is 17.7 Å². The van der Waals surface area contributed by atoms with Gasteiger partial charge in [0.2, 0.25) is 0 Å². The van der Waals surface area contributed by atoms with Crippen LogP contribution in [0, 0.1) is 5.92 Å². The zero-order valence-electron chi connectivity index (χ0n) is 13.3. The van der Waals surface area contributed by atoms with Crippen molar-refractivity contribution in [3.63, 3.8) is 0 Å². The lowest BCUT2D eigenvalue weighted by Gasteiger charge is -2.24. The summed E-state index contributed by atoms with van der Waals surface area (Å²) >= 11 is 0. The van der Waals surface area contributed by atoms with Crippen molar-refractivity contribution in [2.75, 3.05) is 0 Å². The van der Waals surface area contributed by atoms with Gasteiger partial charge in [0.05, 0.1) is 6.04 Å². The number of carbonyl (C=O) groups excluding carboxylic acids is 3. The van der Waals surface area contributed by atoms with Crippen LogP contribution < -0.4 is 5.32 Å². The molecule has 0 aromatic carbocycles. The minimum absolute atomic E-state index is 0.159. The normalized spacial score (nSPS) is 20.0. The summed E-state index contributed by atoms with van der Waals surface area (Å²) in [6.45, 7) is 10.5. The lowest BCUT2D eigenvalue weighted by Crippen LogP contribution is -2.45. The van der Waals surface area contributed by atoms with E-state index in [1.807, 2.05) is 0 Å². The number of rotatable bonds is 5. The number of hydrogen-bond acceptors (Lipinski definition) is 4. The number of ether oxygens (including phenoxy) is 1. The Morgan fingerprint density at radius 2 is 2.05 bits per heavy atom. The smallest absolute Gasteiger partial charge is 0.408 e. The number of ketones is 2. The van der Waals surface area contributed by atoms with Gasteiger partial charge in [0.1, 0.15) is 11.4 Å². The molecule has 0 spiro atoms. The van der Waals surface area contributed by atoms with Gasteiger partial charge < -0.3 is 10.1 Å². The van der Waals surface area contributed by atoms with Crippen LogP contribution in [-0.2, 0) is 14.3 Å². The van der Waals surface area contributed by atoms with E-state index in [1.165, 1.54) is 0 Å². The molecule has 0 saturated heterocycles. The second-order valence-corrected chi connectivity index (χ2v) is 6.63. The molecule has 0 aromatic heterocycles. The van der Waals surface area contributed by atoms with E-state index in [9.17, 15) is 14.4 Å². The highest BCUT2D eigenvalue weighted by molar-refractivity contribution is 6.00. The van der Waals surface area contributed by atoms with Crippen LogP contribution in [0.2, 0.25) is 0 Å². The number of hydrogen-bond donors (Lipinski definition) is 1. The van der Waals surface area contributed by atoms with E-state index >= 15 is 0 Å². The topological polar surface area (TPSA) is 72.5 Å². The minimum Gasteiger partial charge on any atom is -0.444 e. The number of alkyl carbamates (subject to hydrolysis) is 1. The molecular formula is C16H25NO4. The number of carbonyl (C=O) groups is 3. The first-order valence-electron chi connectivity index (χ1n) is 7.32. The highest BCUT2D eigenvalue weighted by atomic mass is 16.6.